The standard InChI is InChI=1S/C15H13F3.CH4/c16-15(17,18)11-14(12-7-3-1-4-8-12)13-9-5-2-6-10-13;/h1-10,14H,11H2;1H4. The van der Waals surface area contributed by atoms with E-state index >= 15 is 0 Å². The van der Waals surface area contributed by atoms with Crippen LogP contribution in [0.15, 0.2) is 60.7 Å². The third-order valence-corrected chi connectivity index (χ3v) is 2.84. The summed E-state index contributed by atoms with van der Waals surface area (Å²) in [5.41, 5.74) is 1.39. The average molecular weight is 266 g/mol. The maximum Gasteiger partial charge on any atom is 0.390 e. The van der Waals surface area contributed by atoms with Gasteiger partial charge in [0.2, 0.25) is 0 Å². The smallest absolute Gasteiger partial charge is 0.171 e. The molecule has 0 bridgehead atoms. The number of alkyl halides is 3. The van der Waals surface area contributed by atoms with E-state index in [0.717, 1.165) is 0 Å². The molecular formula is C16H17F3. The highest BCUT2D eigenvalue weighted by Gasteiger charge is 2.33. The van der Waals surface area contributed by atoms with Crippen LogP contribution in [-0.4, -0.2) is 6.18 Å². The Morgan fingerprint density at radius 1 is 0.737 bits per heavy atom. The summed E-state index contributed by atoms with van der Waals surface area (Å²) in [6, 6.07) is 17.6. The van der Waals surface area contributed by atoms with Gasteiger partial charge in [0.25, 0.3) is 0 Å². The van der Waals surface area contributed by atoms with E-state index in [1.165, 1.54) is 0 Å². The maximum atomic E-state index is 12.7. The van der Waals surface area contributed by atoms with Gasteiger partial charge in [-0.3, -0.25) is 0 Å². The first-order valence-electron chi connectivity index (χ1n) is 5.73. The van der Waals surface area contributed by atoms with Gasteiger partial charge < -0.3 is 0 Å². The Hall–Kier alpha value is -1.77. The molecule has 0 amide bonds. The van der Waals surface area contributed by atoms with Gasteiger partial charge in [-0.25, -0.2) is 0 Å². The molecule has 2 aromatic rings. The molecule has 2 aromatic carbocycles. The fourth-order valence-corrected chi connectivity index (χ4v) is 2.03. The lowest BCUT2D eigenvalue weighted by Gasteiger charge is -2.19. The van der Waals surface area contributed by atoms with Crippen LogP contribution in [-0.2, 0) is 0 Å². The van der Waals surface area contributed by atoms with E-state index in [1.807, 2.05) is 0 Å². The Balaban J connectivity index is 0.00000180. The fraction of sp³-hybridized carbons (Fsp3) is 0.250. The van der Waals surface area contributed by atoms with E-state index in [1.54, 1.807) is 60.7 Å². The zero-order chi connectivity index (χ0) is 13.0. The zero-order valence-electron chi connectivity index (χ0n) is 9.69. The van der Waals surface area contributed by atoms with Crippen molar-refractivity contribution in [1.29, 1.82) is 0 Å². The number of rotatable bonds is 3. The third kappa shape index (κ3) is 4.43. The largest absolute Gasteiger partial charge is 0.390 e. The normalized spacial score (nSPS) is 11.2. The highest BCUT2D eigenvalue weighted by molar-refractivity contribution is 5.32. The molecule has 0 saturated carbocycles. The summed E-state index contributed by atoms with van der Waals surface area (Å²) < 4.78 is 38.0. The summed E-state index contributed by atoms with van der Waals surface area (Å²) in [5.74, 6) is -0.632. The molecule has 2 rings (SSSR count). The van der Waals surface area contributed by atoms with Crippen molar-refractivity contribution in [2.45, 2.75) is 25.9 Å². The van der Waals surface area contributed by atoms with Crippen LogP contribution in [0.1, 0.15) is 30.9 Å². The summed E-state index contributed by atoms with van der Waals surface area (Å²) in [7, 11) is 0. The lowest BCUT2D eigenvalue weighted by molar-refractivity contribution is -0.136. The van der Waals surface area contributed by atoms with Gasteiger partial charge in [0.05, 0.1) is 6.42 Å². The van der Waals surface area contributed by atoms with E-state index in [0.29, 0.717) is 11.1 Å². The molecular weight excluding hydrogens is 249 g/mol. The van der Waals surface area contributed by atoms with Gasteiger partial charge in [0.1, 0.15) is 0 Å². The topological polar surface area (TPSA) is 0 Å². The minimum absolute atomic E-state index is 0. The first-order valence-corrected chi connectivity index (χ1v) is 5.73. The highest BCUT2D eigenvalue weighted by Crippen LogP contribution is 2.35. The summed E-state index contributed by atoms with van der Waals surface area (Å²) in [4.78, 5) is 0. The molecule has 0 aliphatic carbocycles. The van der Waals surface area contributed by atoms with E-state index in [9.17, 15) is 13.2 Å². The molecule has 102 valence electrons. The molecule has 0 atom stereocenters. The summed E-state index contributed by atoms with van der Waals surface area (Å²) in [6.07, 6.45) is -5.00. The van der Waals surface area contributed by atoms with Gasteiger partial charge in [-0.1, -0.05) is 68.1 Å². The van der Waals surface area contributed by atoms with Crippen molar-refractivity contribution >= 4 is 0 Å². The Labute approximate surface area is 111 Å². The van der Waals surface area contributed by atoms with Crippen LogP contribution >= 0.6 is 0 Å². The Kier molecular flexibility index (Phi) is 5.16. The highest BCUT2D eigenvalue weighted by atomic mass is 19.4. The molecule has 0 aliphatic rings. The van der Waals surface area contributed by atoms with E-state index < -0.39 is 18.5 Å². The minimum atomic E-state index is -4.17. The molecule has 0 aliphatic heterocycles. The van der Waals surface area contributed by atoms with Crippen molar-refractivity contribution < 1.29 is 13.2 Å². The molecule has 0 N–H and O–H groups in total. The van der Waals surface area contributed by atoms with Crippen LogP contribution in [0.4, 0.5) is 13.2 Å². The maximum absolute atomic E-state index is 12.7. The second kappa shape index (κ2) is 6.41. The van der Waals surface area contributed by atoms with Crippen LogP contribution in [0.3, 0.4) is 0 Å². The lowest BCUT2D eigenvalue weighted by atomic mass is 9.88. The first kappa shape index (κ1) is 15.3. The predicted molar refractivity (Wildman–Crippen MR) is 72.1 cm³/mol. The van der Waals surface area contributed by atoms with Crippen LogP contribution in [0.5, 0.6) is 0 Å². The molecule has 0 fully saturated rings. The third-order valence-electron chi connectivity index (χ3n) is 2.84. The molecule has 19 heavy (non-hydrogen) atoms. The minimum Gasteiger partial charge on any atom is -0.171 e. The van der Waals surface area contributed by atoms with Gasteiger partial charge in [0, 0.05) is 5.92 Å². The molecule has 3 heteroatoms. The number of benzene rings is 2. The zero-order valence-corrected chi connectivity index (χ0v) is 9.69. The van der Waals surface area contributed by atoms with Gasteiger partial charge in [0.15, 0.2) is 0 Å². The number of halogens is 3. The van der Waals surface area contributed by atoms with Crippen LogP contribution in [0.25, 0.3) is 0 Å². The van der Waals surface area contributed by atoms with Gasteiger partial charge in [-0.2, -0.15) is 13.2 Å². The van der Waals surface area contributed by atoms with Crippen molar-refractivity contribution in [3.63, 3.8) is 0 Å². The second-order valence-electron chi connectivity index (χ2n) is 4.19. The van der Waals surface area contributed by atoms with Gasteiger partial charge >= 0.3 is 6.18 Å². The van der Waals surface area contributed by atoms with E-state index in [4.69, 9.17) is 0 Å². The van der Waals surface area contributed by atoms with Gasteiger partial charge in [-0.05, 0) is 11.1 Å². The van der Waals surface area contributed by atoms with E-state index in [2.05, 4.69) is 0 Å². The lowest BCUT2D eigenvalue weighted by Crippen LogP contribution is -2.14. The van der Waals surface area contributed by atoms with Crippen molar-refractivity contribution in [2.75, 3.05) is 0 Å². The molecule has 0 aromatic heterocycles. The van der Waals surface area contributed by atoms with Crippen molar-refractivity contribution in [3.8, 4) is 0 Å². The summed E-state index contributed by atoms with van der Waals surface area (Å²) in [5, 5.41) is 0. The molecule has 0 spiro atoms. The summed E-state index contributed by atoms with van der Waals surface area (Å²) in [6.45, 7) is 0. The Bertz CT molecular complexity index is 435. The van der Waals surface area contributed by atoms with Crippen molar-refractivity contribution in [3.05, 3.63) is 71.8 Å². The van der Waals surface area contributed by atoms with E-state index in [-0.39, 0.29) is 7.43 Å². The van der Waals surface area contributed by atoms with Gasteiger partial charge in [-0.15, -0.1) is 0 Å². The average Bonchev–Trinajstić information content (AvgIpc) is 2.37. The molecule has 0 heterocycles. The van der Waals surface area contributed by atoms with Crippen LogP contribution in [0, 0.1) is 0 Å². The molecule has 0 radical (unpaired) electrons. The predicted octanol–water partition coefficient (Wildman–Crippen LogP) is 5.41. The Morgan fingerprint density at radius 2 is 1.11 bits per heavy atom. The molecule has 0 nitrogen and oxygen atoms in total. The van der Waals surface area contributed by atoms with Crippen LogP contribution < -0.4 is 0 Å². The van der Waals surface area contributed by atoms with Crippen LogP contribution in [0.2, 0.25) is 0 Å². The summed E-state index contributed by atoms with van der Waals surface area (Å²) >= 11 is 0. The fourth-order valence-electron chi connectivity index (χ4n) is 2.03. The van der Waals surface area contributed by atoms with Crippen molar-refractivity contribution in [2.24, 2.45) is 0 Å². The quantitative estimate of drug-likeness (QED) is 0.697. The first-order chi connectivity index (χ1) is 8.56. The number of hydrogen-bond acceptors (Lipinski definition) is 0. The number of hydrogen-bond donors (Lipinski definition) is 0. The molecule has 0 saturated heterocycles. The monoisotopic (exact) mass is 266 g/mol. The Morgan fingerprint density at radius 3 is 1.42 bits per heavy atom. The molecule has 0 unspecified atom stereocenters. The SMILES string of the molecule is C.FC(F)(F)CC(c1ccccc1)c1ccccc1. The second-order valence-corrected chi connectivity index (χ2v) is 4.19. The van der Waals surface area contributed by atoms with Crippen molar-refractivity contribution in [1.82, 2.24) is 0 Å².